The molecule has 2 aliphatic carbocycles. The zero-order valence-electron chi connectivity index (χ0n) is 12.0. The van der Waals surface area contributed by atoms with Crippen molar-refractivity contribution in [3.63, 3.8) is 0 Å². The van der Waals surface area contributed by atoms with Crippen LogP contribution in [0.4, 0.5) is 0 Å². The van der Waals surface area contributed by atoms with Crippen molar-refractivity contribution in [2.45, 2.75) is 59.8 Å². The predicted octanol–water partition coefficient (Wildman–Crippen LogP) is 4.27. The van der Waals surface area contributed by atoms with Crippen LogP contribution in [0.15, 0.2) is 0 Å². The molecule has 1 saturated heterocycles. The second kappa shape index (κ2) is 3.50. The SMILES string of the molecule is CCC1(CC2CC3CCC2(C)C3(C)C)COC1. The quantitative estimate of drug-likeness (QED) is 0.711. The highest BCUT2D eigenvalue weighted by molar-refractivity contribution is 5.11. The molecule has 17 heavy (non-hydrogen) atoms. The van der Waals surface area contributed by atoms with E-state index in [-0.39, 0.29) is 0 Å². The van der Waals surface area contributed by atoms with Crippen LogP contribution in [0.5, 0.6) is 0 Å². The maximum Gasteiger partial charge on any atom is 0.0544 e. The van der Waals surface area contributed by atoms with Gasteiger partial charge in [-0.15, -0.1) is 0 Å². The Labute approximate surface area is 106 Å². The van der Waals surface area contributed by atoms with E-state index in [1.165, 1.54) is 32.1 Å². The molecule has 0 aromatic heterocycles. The van der Waals surface area contributed by atoms with E-state index in [1.54, 1.807) is 0 Å². The van der Waals surface area contributed by atoms with Gasteiger partial charge in [-0.05, 0) is 54.8 Å². The van der Waals surface area contributed by atoms with E-state index in [0.29, 0.717) is 16.2 Å². The van der Waals surface area contributed by atoms with Crippen LogP contribution in [0, 0.1) is 28.1 Å². The molecule has 2 bridgehead atoms. The molecule has 2 saturated carbocycles. The largest absolute Gasteiger partial charge is 0.380 e. The first kappa shape index (κ1) is 12.0. The lowest BCUT2D eigenvalue weighted by Crippen LogP contribution is -2.45. The first-order chi connectivity index (χ1) is 7.94. The first-order valence-corrected chi connectivity index (χ1v) is 7.51. The Bertz CT molecular complexity index is 310. The minimum Gasteiger partial charge on any atom is -0.380 e. The number of ether oxygens (including phenoxy) is 1. The standard InChI is InChI=1S/C16H28O/c1-5-16(10-17-11-16)9-13-8-12-6-7-15(13,4)14(12,2)3/h12-13H,5-11H2,1-4H3. The lowest BCUT2D eigenvalue weighted by molar-refractivity contribution is -0.135. The van der Waals surface area contributed by atoms with Crippen molar-refractivity contribution in [1.29, 1.82) is 0 Å². The predicted molar refractivity (Wildman–Crippen MR) is 70.9 cm³/mol. The van der Waals surface area contributed by atoms with Crippen molar-refractivity contribution in [2.24, 2.45) is 28.1 Å². The summed E-state index contributed by atoms with van der Waals surface area (Å²) in [6.07, 6.45) is 7.18. The Morgan fingerprint density at radius 3 is 2.24 bits per heavy atom. The van der Waals surface area contributed by atoms with Crippen molar-refractivity contribution >= 4 is 0 Å². The summed E-state index contributed by atoms with van der Waals surface area (Å²) < 4.78 is 5.50. The lowest BCUT2D eigenvalue weighted by Gasteiger charge is -2.47. The van der Waals surface area contributed by atoms with Gasteiger partial charge in [0.15, 0.2) is 0 Å². The minimum absolute atomic E-state index is 0.550. The Hall–Kier alpha value is -0.0400. The summed E-state index contributed by atoms with van der Waals surface area (Å²) in [5.41, 5.74) is 1.74. The average Bonchev–Trinajstić information content (AvgIpc) is 2.56. The van der Waals surface area contributed by atoms with Crippen molar-refractivity contribution in [3.05, 3.63) is 0 Å². The molecule has 1 nitrogen and oxygen atoms in total. The summed E-state index contributed by atoms with van der Waals surface area (Å²) in [5.74, 6) is 1.95. The van der Waals surface area contributed by atoms with Gasteiger partial charge in [-0.3, -0.25) is 0 Å². The van der Waals surface area contributed by atoms with E-state index in [4.69, 9.17) is 4.74 Å². The molecule has 98 valence electrons. The van der Waals surface area contributed by atoms with Crippen LogP contribution in [0.1, 0.15) is 59.8 Å². The van der Waals surface area contributed by atoms with E-state index < -0.39 is 0 Å². The normalized spacial score (nSPS) is 45.9. The van der Waals surface area contributed by atoms with Gasteiger partial charge in [0.1, 0.15) is 0 Å². The van der Waals surface area contributed by atoms with Gasteiger partial charge in [-0.2, -0.15) is 0 Å². The zero-order valence-corrected chi connectivity index (χ0v) is 12.0. The van der Waals surface area contributed by atoms with Crippen molar-refractivity contribution in [1.82, 2.24) is 0 Å². The fourth-order valence-electron chi connectivity index (χ4n) is 5.06. The van der Waals surface area contributed by atoms with Crippen LogP contribution in [0.3, 0.4) is 0 Å². The first-order valence-electron chi connectivity index (χ1n) is 7.51. The second-order valence-electron chi connectivity index (χ2n) is 7.86. The molecule has 0 spiro atoms. The highest BCUT2D eigenvalue weighted by Gasteiger charge is 2.62. The van der Waals surface area contributed by atoms with Crippen molar-refractivity contribution < 1.29 is 4.74 Å². The van der Waals surface area contributed by atoms with Crippen LogP contribution in [-0.4, -0.2) is 13.2 Å². The highest BCUT2D eigenvalue weighted by atomic mass is 16.5. The molecule has 0 amide bonds. The van der Waals surface area contributed by atoms with Gasteiger partial charge in [0, 0.05) is 5.41 Å². The molecule has 0 aromatic carbocycles. The van der Waals surface area contributed by atoms with Gasteiger partial charge < -0.3 is 4.74 Å². The molecule has 0 aromatic rings. The fourth-order valence-corrected chi connectivity index (χ4v) is 5.06. The topological polar surface area (TPSA) is 9.23 Å². The van der Waals surface area contributed by atoms with Crippen LogP contribution in [0.2, 0.25) is 0 Å². The van der Waals surface area contributed by atoms with Crippen LogP contribution in [-0.2, 0) is 4.74 Å². The number of rotatable bonds is 3. The molecule has 3 aliphatic rings. The molecular formula is C16H28O. The number of hydrogen-bond acceptors (Lipinski definition) is 1. The van der Waals surface area contributed by atoms with E-state index in [9.17, 15) is 0 Å². The van der Waals surface area contributed by atoms with Gasteiger partial charge in [-0.1, -0.05) is 27.7 Å². The van der Waals surface area contributed by atoms with Crippen LogP contribution in [0.25, 0.3) is 0 Å². The summed E-state index contributed by atoms with van der Waals surface area (Å²) in [4.78, 5) is 0. The fraction of sp³-hybridized carbons (Fsp3) is 1.00. The molecule has 1 aliphatic heterocycles. The third-order valence-electron chi connectivity index (χ3n) is 7.22. The van der Waals surface area contributed by atoms with Gasteiger partial charge in [0.05, 0.1) is 13.2 Å². The molecule has 3 unspecified atom stereocenters. The molecular weight excluding hydrogens is 208 g/mol. The van der Waals surface area contributed by atoms with Crippen LogP contribution >= 0.6 is 0 Å². The maximum atomic E-state index is 5.50. The highest BCUT2D eigenvalue weighted by Crippen LogP contribution is 2.70. The van der Waals surface area contributed by atoms with Crippen LogP contribution < -0.4 is 0 Å². The summed E-state index contributed by atoms with van der Waals surface area (Å²) >= 11 is 0. The number of fused-ring (bicyclic) bond motifs is 2. The van der Waals surface area contributed by atoms with E-state index >= 15 is 0 Å². The Kier molecular flexibility index (Phi) is 2.47. The summed E-state index contributed by atoms with van der Waals surface area (Å²) in [6, 6.07) is 0. The van der Waals surface area contributed by atoms with Gasteiger partial charge >= 0.3 is 0 Å². The summed E-state index contributed by atoms with van der Waals surface area (Å²) in [6.45, 7) is 12.0. The third-order valence-corrected chi connectivity index (χ3v) is 7.22. The lowest BCUT2D eigenvalue weighted by atomic mass is 9.62. The monoisotopic (exact) mass is 236 g/mol. The maximum absolute atomic E-state index is 5.50. The molecule has 3 rings (SSSR count). The Morgan fingerprint density at radius 1 is 1.18 bits per heavy atom. The smallest absolute Gasteiger partial charge is 0.0544 e. The van der Waals surface area contributed by atoms with Gasteiger partial charge in [-0.25, -0.2) is 0 Å². The molecule has 0 radical (unpaired) electrons. The summed E-state index contributed by atoms with van der Waals surface area (Å²) in [5, 5.41) is 0. The van der Waals surface area contributed by atoms with Gasteiger partial charge in [0.25, 0.3) is 0 Å². The minimum atomic E-state index is 0.550. The van der Waals surface area contributed by atoms with E-state index in [2.05, 4.69) is 27.7 Å². The van der Waals surface area contributed by atoms with Crippen molar-refractivity contribution in [3.8, 4) is 0 Å². The molecule has 1 heteroatoms. The average molecular weight is 236 g/mol. The molecule has 3 fully saturated rings. The Morgan fingerprint density at radius 2 is 1.88 bits per heavy atom. The zero-order chi connectivity index (χ0) is 12.3. The molecule has 0 N–H and O–H groups in total. The third kappa shape index (κ3) is 1.41. The van der Waals surface area contributed by atoms with Gasteiger partial charge in [0.2, 0.25) is 0 Å². The Balaban J connectivity index is 1.78. The summed E-state index contributed by atoms with van der Waals surface area (Å²) in [7, 11) is 0. The second-order valence-corrected chi connectivity index (χ2v) is 7.86. The number of hydrogen-bond donors (Lipinski definition) is 0. The molecule has 3 atom stereocenters. The van der Waals surface area contributed by atoms with E-state index in [1.807, 2.05) is 0 Å². The van der Waals surface area contributed by atoms with Crippen molar-refractivity contribution in [2.75, 3.05) is 13.2 Å². The molecule has 1 heterocycles. The van der Waals surface area contributed by atoms with E-state index in [0.717, 1.165) is 25.0 Å².